The van der Waals surface area contributed by atoms with Gasteiger partial charge in [0.2, 0.25) is 15.9 Å². The van der Waals surface area contributed by atoms with E-state index in [1.165, 1.54) is 0 Å². The van der Waals surface area contributed by atoms with Gasteiger partial charge in [-0.3, -0.25) is 4.79 Å². The lowest BCUT2D eigenvalue weighted by Crippen LogP contribution is -2.35. The SMILES string of the molecule is CN(CC(N)=O)S(=O)(=O)c1cc(N)cc(F)c1F. The Morgan fingerprint density at radius 1 is 1.39 bits per heavy atom. The number of carbonyl (C=O) groups is 1. The van der Waals surface area contributed by atoms with Gasteiger partial charge >= 0.3 is 0 Å². The fraction of sp³-hybridized carbons (Fsp3) is 0.222. The van der Waals surface area contributed by atoms with Crippen molar-refractivity contribution < 1.29 is 22.0 Å². The number of amides is 1. The van der Waals surface area contributed by atoms with Gasteiger partial charge in [0.05, 0.1) is 6.54 Å². The fourth-order valence-corrected chi connectivity index (χ4v) is 2.49. The number of halogens is 2. The fourth-order valence-electron chi connectivity index (χ4n) is 1.24. The lowest BCUT2D eigenvalue weighted by Gasteiger charge is -2.16. The number of nitrogens with zero attached hydrogens (tertiary/aromatic N) is 1. The second kappa shape index (κ2) is 4.86. The van der Waals surface area contributed by atoms with Gasteiger partial charge in [-0.2, -0.15) is 4.31 Å². The maximum Gasteiger partial charge on any atom is 0.246 e. The molecule has 0 aliphatic heterocycles. The van der Waals surface area contributed by atoms with Gasteiger partial charge in [0.1, 0.15) is 4.90 Å². The molecule has 0 unspecified atom stereocenters. The van der Waals surface area contributed by atoms with E-state index in [1.807, 2.05) is 0 Å². The van der Waals surface area contributed by atoms with Crippen molar-refractivity contribution in [1.82, 2.24) is 4.31 Å². The Morgan fingerprint density at radius 2 is 1.94 bits per heavy atom. The first-order valence-corrected chi connectivity index (χ1v) is 6.09. The summed E-state index contributed by atoms with van der Waals surface area (Å²) < 4.78 is 50.7. The minimum absolute atomic E-state index is 0.250. The quantitative estimate of drug-likeness (QED) is 0.735. The number of benzene rings is 1. The predicted molar refractivity (Wildman–Crippen MR) is 59.8 cm³/mol. The molecule has 0 aliphatic rings. The van der Waals surface area contributed by atoms with Crippen LogP contribution in [-0.4, -0.2) is 32.2 Å². The summed E-state index contributed by atoms with van der Waals surface area (Å²) in [4.78, 5) is 9.69. The van der Waals surface area contributed by atoms with Crippen molar-refractivity contribution in [3.63, 3.8) is 0 Å². The van der Waals surface area contributed by atoms with Gasteiger partial charge in [0.15, 0.2) is 11.6 Å². The number of primary amides is 1. The number of anilines is 1. The minimum atomic E-state index is -4.37. The van der Waals surface area contributed by atoms with Crippen molar-refractivity contribution in [2.75, 3.05) is 19.3 Å². The Hall–Kier alpha value is -1.74. The van der Waals surface area contributed by atoms with Crippen molar-refractivity contribution in [3.8, 4) is 0 Å². The molecule has 0 heterocycles. The van der Waals surface area contributed by atoms with Gasteiger partial charge in [-0.05, 0) is 12.1 Å². The van der Waals surface area contributed by atoms with Crippen LogP contribution in [0.2, 0.25) is 0 Å². The molecule has 1 rings (SSSR count). The van der Waals surface area contributed by atoms with Crippen LogP contribution in [0.4, 0.5) is 14.5 Å². The van der Waals surface area contributed by atoms with Crippen molar-refractivity contribution in [2.24, 2.45) is 5.73 Å². The molecule has 1 amide bonds. The monoisotopic (exact) mass is 279 g/mol. The van der Waals surface area contributed by atoms with E-state index < -0.39 is 39.0 Å². The molecule has 0 fully saturated rings. The second-order valence-corrected chi connectivity index (χ2v) is 5.56. The number of nitrogen functional groups attached to an aromatic ring is 1. The highest BCUT2D eigenvalue weighted by molar-refractivity contribution is 7.89. The highest BCUT2D eigenvalue weighted by Gasteiger charge is 2.27. The van der Waals surface area contributed by atoms with Gasteiger partial charge in [-0.25, -0.2) is 17.2 Å². The van der Waals surface area contributed by atoms with E-state index in [2.05, 4.69) is 0 Å². The number of likely N-dealkylation sites (N-methyl/N-ethyl adjacent to an activating group) is 1. The van der Waals surface area contributed by atoms with Crippen LogP contribution in [0, 0.1) is 11.6 Å². The number of sulfonamides is 1. The molecule has 100 valence electrons. The molecular weight excluding hydrogens is 268 g/mol. The average Bonchev–Trinajstić information content (AvgIpc) is 2.22. The summed E-state index contributed by atoms with van der Waals surface area (Å²) in [6.07, 6.45) is 0. The molecule has 0 radical (unpaired) electrons. The van der Waals surface area contributed by atoms with Crippen LogP contribution in [0.5, 0.6) is 0 Å². The maximum atomic E-state index is 13.4. The van der Waals surface area contributed by atoms with Crippen LogP contribution in [0.15, 0.2) is 17.0 Å². The van der Waals surface area contributed by atoms with Crippen molar-refractivity contribution >= 4 is 21.6 Å². The second-order valence-electron chi connectivity index (χ2n) is 3.54. The minimum Gasteiger partial charge on any atom is -0.399 e. The van der Waals surface area contributed by atoms with Crippen LogP contribution in [-0.2, 0) is 14.8 Å². The lowest BCUT2D eigenvalue weighted by molar-refractivity contribution is -0.118. The molecule has 0 aliphatic carbocycles. The van der Waals surface area contributed by atoms with Crippen molar-refractivity contribution in [3.05, 3.63) is 23.8 Å². The third kappa shape index (κ3) is 2.74. The third-order valence-corrected chi connectivity index (χ3v) is 3.89. The van der Waals surface area contributed by atoms with E-state index in [0.717, 1.165) is 13.1 Å². The van der Waals surface area contributed by atoms with Gasteiger partial charge in [-0.1, -0.05) is 0 Å². The van der Waals surface area contributed by atoms with Crippen LogP contribution in [0.3, 0.4) is 0 Å². The van der Waals surface area contributed by atoms with Crippen LogP contribution in [0.25, 0.3) is 0 Å². The van der Waals surface area contributed by atoms with Gasteiger partial charge in [-0.15, -0.1) is 0 Å². The first-order chi connectivity index (χ1) is 8.16. The third-order valence-electron chi connectivity index (χ3n) is 2.08. The molecule has 1 aromatic rings. The molecule has 0 bridgehead atoms. The van der Waals surface area contributed by atoms with Crippen LogP contribution < -0.4 is 11.5 Å². The molecule has 0 atom stereocenters. The van der Waals surface area contributed by atoms with Gasteiger partial charge in [0.25, 0.3) is 0 Å². The summed E-state index contributed by atoms with van der Waals surface area (Å²) in [7, 11) is -3.36. The molecule has 1 aromatic carbocycles. The Morgan fingerprint density at radius 3 is 2.44 bits per heavy atom. The molecule has 0 saturated heterocycles. The lowest BCUT2D eigenvalue weighted by atomic mass is 10.3. The number of hydrogen-bond acceptors (Lipinski definition) is 4. The Kier molecular flexibility index (Phi) is 3.87. The summed E-state index contributed by atoms with van der Waals surface area (Å²) >= 11 is 0. The summed E-state index contributed by atoms with van der Waals surface area (Å²) in [5.41, 5.74) is 9.82. The largest absolute Gasteiger partial charge is 0.399 e. The molecule has 0 aromatic heterocycles. The molecule has 18 heavy (non-hydrogen) atoms. The molecular formula is C9H11F2N3O3S. The number of hydrogen-bond donors (Lipinski definition) is 2. The van der Waals surface area contributed by atoms with Crippen LogP contribution >= 0.6 is 0 Å². The maximum absolute atomic E-state index is 13.4. The van der Waals surface area contributed by atoms with E-state index in [-0.39, 0.29) is 5.69 Å². The number of carbonyl (C=O) groups excluding carboxylic acids is 1. The standard InChI is InChI=1S/C9H11F2N3O3S/c1-14(4-8(13)15)18(16,17)7-3-5(12)2-6(10)9(7)11/h2-3H,4,12H2,1H3,(H2,13,15). The zero-order valence-corrected chi connectivity index (χ0v) is 10.2. The molecule has 9 heteroatoms. The van der Waals surface area contributed by atoms with E-state index >= 15 is 0 Å². The van der Waals surface area contributed by atoms with Gasteiger partial charge < -0.3 is 11.5 Å². The van der Waals surface area contributed by atoms with E-state index in [9.17, 15) is 22.0 Å². The summed E-state index contributed by atoms with van der Waals surface area (Å²) in [6.45, 7) is -0.655. The first kappa shape index (κ1) is 14.3. The van der Waals surface area contributed by atoms with Crippen molar-refractivity contribution in [2.45, 2.75) is 4.90 Å². The van der Waals surface area contributed by atoms with E-state index in [4.69, 9.17) is 11.5 Å². The average molecular weight is 279 g/mol. The highest BCUT2D eigenvalue weighted by Crippen LogP contribution is 2.23. The van der Waals surface area contributed by atoms with E-state index in [0.29, 0.717) is 10.4 Å². The molecule has 4 N–H and O–H groups in total. The summed E-state index contributed by atoms with van der Waals surface area (Å²) in [5, 5.41) is 0. The molecule has 0 saturated carbocycles. The smallest absolute Gasteiger partial charge is 0.246 e. The van der Waals surface area contributed by atoms with E-state index in [1.54, 1.807) is 0 Å². The normalized spacial score (nSPS) is 11.8. The van der Waals surface area contributed by atoms with Crippen molar-refractivity contribution in [1.29, 1.82) is 0 Å². The predicted octanol–water partition coefficient (Wildman–Crippen LogP) is -0.347. The Balaban J connectivity index is 3.33. The summed E-state index contributed by atoms with van der Waals surface area (Å²) in [6, 6.07) is 1.42. The number of nitrogens with two attached hydrogens (primary N) is 2. The Labute approximate surface area is 102 Å². The highest BCUT2D eigenvalue weighted by atomic mass is 32.2. The topological polar surface area (TPSA) is 106 Å². The molecule has 6 nitrogen and oxygen atoms in total. The zero-order chi connectivity index (χ0) is 14.1. The summed E-state index contributed by atoms with van der Waals surface area (Å²) in [5.74, 6) is -3.87. The Bertz CT molecular complexity index is 589. The first-order valence-electron chi connectivity index (χ1n) is 4.65. The number of rotatable bonds is 4. The van der Waals surface area contributed by atoms with Gasteiger partial charge in [0, 0.05) is 12.7 Å². The van der Waals surface area contributed by atoms with Crippen LogP contribution in [0.1, 0.15) is 0 Å². The molecule has 0 spiro atoms. The zero-order valence-electron chi connectivity index (χ0n) is 9.35.